The van der Waals surface area contributed by atoms with Crippen molar-refractivity contribution in [3.8, 4) is 11.5 Å². The molecule has 30 heavy (non-hydrogen) atoms. The average Bonchev–Trinajstić information content (AvgIpc) is 2.79. The third-order valence-electron chi connectivity index (χ3n) is 5.29. The molecule has 1 heterocycles. The lowest BCUT2D eigenvalue weighted by atomic mass is 10.2. The van der Waals surface area contributed by atoms with Crippen LogP contribution in [0.5, 0.6) is 11.5 Å². The minimum atomic E-state index is -0.104. The molecule has 0 saturated carbocycles. The Bertz CT molecular complexity index is 794. The van der Waals surface area contributed by atoms with Crippen molar-refractivity contribution in [2.45, 2.75) is 13.0 Å². The second-order valence-electron chi connectivity index (χ2n) is 7.37. The monoisotopic (exact) mass is 414 g/mol. The summed E-state index contributed by atoms with van der Waals surface area (Å²) in [6, 6.07) is 15.2. The van der Waals surface area contributed by atoms with Crippen LogP contribution >= 0.6 is 0 Å². The van der Waals surface area contributed by atoms with Gasteiger partial charge in [-0.05, 0) is 29.8 Å². The summed E-state index contributed by atoms with van der Waals surface area (Å²) in [6.45, 7) is 5.91. The van der Waals surface area contributed by atoms with Gasteiger partial charge in [-0.15, -0.1) is 0 Å². The maximum atomic E-state index is 13.0. The van der Waals surface area contributed by atoms with Crippen LogP contribution < -0.4 is 19.7 Å². The van der Waals surface area contributed by atoms with Crippen molar-refractivity contribution >= 4 is 11.7 Å². The molecule has 162 valence electrons. The highest BCUT2D eigenvalue weighted by Gasteiger charge is 2.18. The van der Waals surface area contributed by atoms with Crippen molar-refractivity contribution < 1.29 is 23.9 Å². The first-order valence-electron chi connectivity index (χ1n) is 10.4. The highest BCUT2D eigenvalue weighted by atomic mass is 16.5. The van der Waals surface area contributed by atoms with Crippen LogP contribution in [0.15, 0.2) is 48.5 Å². The molecule has 0 bridgehead atoms. The number of carbonyl (C=O) groups excluding carboxylic acids is 1. The van der Waals surface area contributed by atoms with Gasteiger partial charge in [-0.1, -0.05) is 24.3 Å². The largest absolute Gasteiger partial charge is 0.493 e. The van der Waals surface area contributed by atoms with E-state index >= 15 is 0 Å². The highest BCUT2D eigenvalue weighted by molar-refractivity contribution is 5.89. The lowest BCUT2D eigenvalue weighted by Crippen LogP contribution is -3.14. The Morgan fingerprint density at radius 3 is 2.50 bits per heavy atom. The van der Waals surface area contributed by atoms with E-state index in [9.17, 15) is 4.79 Å². The van der Waals surface area contributed by atoms with Gasteiger partial charge < -0.3 is 29.3 Å². The first-order valence-corrected chi connectivity index (χ1v) is 10.4. The Kier molecular flexibility index (Phi) is 8.35. The summed E-state index contributed by atoms with van der Waals surface area (Å²) in [4.78, 5) is 16.4. The molecule has 0 aromatic heterocycles. The number of urea groups is 1. The topological polar surface area (TPSA) is 64.5 Å². The molecule has 3 rings (SSSR count). The molecular formula is C23H32N3O4+. The Labute approximate surface area is 178 Å². The zero-order chi connectivity index (χ0) is 21.2. The number of anilines is 1. The first-order chi connectivity index (χ1) is 14.7. The number of methoxy groups -OCH3 is 2. The molecule has 1 aliphatic rings. The predicted octanol–water partition coefficient (Wildman–Crippen LogP) is 2.04. The van der Waals surface area contributed by atoms with Crippen molar-refractivity contribution in [3.63, 3.8) is 0 Å². The number of para-hydroxylation sites is 1. The Morgan fingerprint density at radius 1 is 1.07 bits per heavy atom. The molecule has 2 aromatic carbocycles. The van der Waals surface area contributed by atoms with Crippen molar-refractivity contribution in [3.05, 3.63) is 54.1 Å². The van der Waals surface area contributed by atoms with E-state index in [-0.39, 0.29) is 6.03 Å². The fourth-order valence-electron chi connectivity index (χ4n) is 3.61. The van der Waals surface area contributed by atoms with E-state index in [1.807, 2.05) is 53.4 Å². The molecule has 1 saturated heterocycles. The van der Waals surface area contributed by atoms with E-state index in [0.717, 1.165) is 50.5 Å². The van der Waals surface area contributed by atoms with Gasteiger partial charge in [0.05, 0.1) is 34.0 Å². The van der Waals surface area contributed by atoms with E-state index in [2.05, 4.69) is 5.32 Å². The van der Waals surface area contributed by atoms with Gasteiger partial charge in [0.25, 0.3) is 0 Å². The summed E-state index contributed by atoms with van der Waals surface area (Å²) >= 11 is 0. The number of hydrogen-bond acceptors (Lipinski definition) is 4. The van der Waals surface area contributed by atoms with Gasteiger partial charge in [0, 0.05) is 25.2 Å². The normalized spacial score (nSPS) is 14.2. The molecule has 0 atom stereocenters. The number of nitrogens with zero attached hydrogens (tertiary/aromatic N) is 1. The number of hydrogen-bond donors (Lipinski definition) is 2. The zero-order valence-corrected chi connectivity index (χ0v) is 17.9. The number of benzene rings is 2. The Balaban J connectivity index is 1.66. The minimum Gasteiger partial charge on any atom is -0.493 e. The fourth-order valence-corrected chi connectivity index (χ4v) is 3.61. The molecule has 7 heteroatoms. The molecule has 1 fully saturated rings. The number of morpholine rings is 1. The van der Waals surface area contributed by atoms with Crippen LogP contribution in [0.2, 0.25) is 0 Å². The van der Waals surface area contributed by atoms with Crippen molar-refractivity contribution in [2.24, 2.45) is 0 Å². The maximum absolute atomic E-state index is 13.0. The van der Waals surface area contributed by atoms with Crippen molar-refractivity contribution in [2.75, 3.05) is 58.9 Å². The summed E-state index contributed by atoms with van der Waals surface area (Å²) in [5.41, 5.74) is 1.79. The Hall–Kier alpha value is -2.77. The van der Waals surface area contributed by atoms with E-state index in [1.54, 1.807) is 14.2 Å². The summed E-state index contributed by atoms with van der Waals surface area (Å²) in [5.74, 6) is 1.34. The highest BCUT2D eigenvalue weighted by Crippen LogP contribution is 2.28. The summed E-state index contributed by atoms with van der Waals surface area (Å²) in [7, 11) is 3.23. The molecule has 0 radical (unpaired) electrons. The van der Waals surface area contributed by atoms with Gasteiger partial charge in [0.15, 0.2) is 11.5 Å². The van der Waals surface area contributed by atoms with Crippen molar-refractivity contribution in [1.82, 2.24) is 4.90 Å². The van der Waals surface area contributed by atoms with E-state index in [1.165, 1.54) is 4.90 Å². The molecule has 0 unspecified atom stereocenters. The van der Waals surface area contributed by atoms with Crippen LogP contribution in [-0.4, -0.2) is 64.5 Å². The number of ether oxygens (including phenoxy) is 3. The SMILES string of the molecule is COc1ccc(CN(CCC[NH+]2CCOCC2)C(=O)Nc2ccccc2)cc1OC. The molecule has 2 aromatic rings. The van der Waals surface area contributed by atoms with Gasteiger partial charge in [-0.2, -0.15) is 0 Å². The third-order valence-corrected chi connectivity index (χ3v) is 5.29. The van der Waals surface area contributed by atoms with Crippen LogP contribution in [-0.2, 0) is 11.3 Å². The van der Waals surface area contributed by atoms with Crippen LogP contribution in [0.1, 0.15) is 12.0 Å². The number of nitrogens with one attached hydrogen (secondary N) is 2. The van der Waals surface area contributed by atoms with Crippen LogP contribution in [0.4, 0.5) is 10.5 Å². The second-order valence-corrected chi connectivity index (χ2v) is 7.37. The van der Waals surface area contributed by atoms with Crippen LogP contribution in [0, 0.1) is 0 Å². The van der Waals surface area contributed by atoms with E-state index in [0.29, 0.717) is 24.6 Å². The average molecular weight is 415 g/mol. The molecule has 2 N–H and O–H groups in total. The fraction of sp³-hybridized carbons (Fsp3) is 0.435. The number of carbonyl (C=O) groups is 1. The van der Waals surface area contributed by atoms with Crippen molar-refractivity contribution in [1.29, 1.82) is 0 Å². The standard InChI is InChI=1S/C23H31N3O4/c1-28-21-10-9-19(17-22(21)29-2)18-26(12-6-11-25-13-15-30-16-14-25)23(27)24-20-7-4-3-5-8-20/h3-5,7-10,17H,6,11-16,18H2,1-2H3,(H,24,27)/p+1. The van der Waals surface area contributed by atoms with E-state index in [4.69, 9.17) is 14.2 Å². The molecule has 7 nitrogen and oxygen atoms in total. The zero-order valence-electron chi connectivity index (χ0n) is 17.9. The second kappa shape index (κ2) is 11.4. The summed E-state index contributed by atoms with van der Waals surface area (Å²) in [5, 5.41) is 3.01. The van der Waals surface area contributed by atoms with Crippen LogP contribution in [0.3, 0.4) is 0 Å². The first kappa shape index (κ1) is 21.9. The minimum absolute atomic E-state index is 0.104. The molecular weight excluding hydrogens is 382 g/mol. The van der Waals surface area contributed by atoms with Gasteiger partial charge in [-0.3, -0.25) is 0 Å². The maximum Gasteiger partial charge on any atom is 0.322 e. The van der Waals surface area contributed by atoms with Gasteiger partial charge >= 0.3 is 6.03 Å². The van der Waals surface area contributed by atoms with Gasteiger partial charge in [-0.25, -0.2) is 4.79 Å². The molecule has 2 amide bonds. The lowest BCUT2D eigenvalue weighted by Gasteiger charge is -2.27. The van der Waals surface area contributed by atoms with Gasteiger partial charge in [0.2, 0.25) is 0 Å². The number of rotatable bonds is 9. The summed E-state index contributed by atoms with van der Waals surface area (Å²) in [6.07, 6.45) is 0.935. The molecule has 0 spiro atoms. The quantitative estimate of drug-likeness (QED) is 0.659. The van der Waals surface area contributed by atoms with E-state index < -0.39 is 0 Å². The number of amides is 2. The lowest BCUT2D eigenvalue weighted by molar-refractivity contribution is -0.908. The smallest absolute Gasteiger partial charge is 0.322 e. The molecule has 1 aliphatic heterocycles. The number of quaternary nitrogens is 1. The molecule has 0 aliphatic carbocycles. The van der Waals surface area contributed by atoms with Gasteiger partial charge in [0.1, 0.15) is 13.1 Å². The summed E-state index contributed by atoms with van der Waals surface area (Å²) < 4.78 is 16.2. The Morgan fingerprint density at radius 2 is 1.80 bits per heavy atom. The van der Waals surface area contributed by atoms with Crippen LogP contribution in [0.25, 0.3) is 0 Å². The third kappa shape index (κ3) is 6.37. The predicted molar refractivity (Wildman–Crippen MR) is 116 cm³/mol.